The number of benzene rings is 2. The van der Waals surface area contributed by atoms with E-state index in [0.717, 1.165) is 17.3 Å². The summed E-state index contributed by atoms with van der Waals surface area (Å²) >= 11 is 0. The molecular formula is C17H17N3. The average Bonchev–Trinajstić information content (AvgIpc) is 2.49. The summed E-state index contributed by atoms with van der Waals surface area (Å²) in [5.41, 5.74) is 3.33. The standard InChI is InChI=1S/C17H17N3/c1-13-12-16(14-8-4-2-5-9-14)20-17(18-13)19-15-10-6-3-7-11-15/h2-12,16H,1H3,(H2,18,19,20). The maximum absolute atomic E-state index is 4.72. The van der Waals surface area contributed by atoms with Gasteiger partial charge >= 0.3 is 0 Å². The number of anilines is 1. The Morgan fingerprint density at radius 2 is 1.60 bits per heavy atom. The molecule has 0 aromatic heterocycles. The zero-order chi connectivity index (χ0) is 13.8. The summed E-state index contributed by atoms with van der Waals surface area (Å²) in [5.74, 6) is 0.782. The predicted octanol–water partition coefficient (Wildman–Crippen LogP) is 3.70. The van der Waals surface area contributed by atoms with Crippen LogP contribution in [0.3, 0.4) is 0 Å². The summed E-state index contributed by atoms with van der Waals surface area (Å²) in [7, 11) is 0. The van der Waals surface area contributed by atoms with Gasteiger partial charge < -0.3 is 10.6 Å². The van der Waals surface area contributed by atoms with Crippen LogP contribution in [-0.4, -0.2) is 5.96 Å². The first-order chi connectivity index (χ1) is 9.81. The van der Waals surface area contributed by atoms with Crippen LogP contribution in [0.5, 0.6) is 0 Å². The van der Waals surface area contributed by atoms with E-state index in [-0.39, 0.29) is 6.04 Å². The summed E-state index contributed by atoms with van der Waals surface area (Å²) in [6, 6.07) is 20.4. The molecule has 1 atom stereocenters. The number of allylic oxidation sites excluding steroid dienone is 1. The lowest BCUT2D eigenvalue weighted by Gasteiger charge is -2.21. The fourth-order valence-electron chi connectivity index (χ4n) is 2.22. The summed E-state index contributed by atoms with van der Waals surface area (Å²) < 4.78 is 0. The number of aliphatic imine (C=N–C) groups is 1. The van der Waals surface area contributed by atoms with Gasteiger partial charge in [0.2, 0.25) is 5.96 Å². The minimum absolute atomic E-state index is 0.0589. The summed E-state index contributed by atoms with van der Waals surface area (Å²) in [5, 5.41) is 6.57. The molecular weight excluding hydrogens is 246 g/mol. The molecule has 100 valence electrons. The highest BCUT2D eigenvalue weighted by Gasteiger charge is 2.14. The fraction of sp³-hybridized carbons (Fsp3) is 0.118. The molecule has 2 aromatic carbocycles. The van der Waals surface area contributed by atoms with Gasteiger partial charge in [-0.2, -0.15) is 0 Å². The second-order valence-corrected chi connectivity index (χ2v) is 4.80. The Balaban J connectivity index is 1.84. The summed E-state index contributed by atoms with van der Waals surface area (Å²) in [4.78, 5) is 4.72. The minimum Gasteiger partial charge on any atom is -0.330 e. The van der Waals surface area contributed by atoms with Crippen molar-refractivity contribution in [1.82, 2.24) is 5.32 Å². The second kappa shape index (κ2) is 5.61. The van der Waals surface area contributed by atoms with Gasteiger partial charge in [-0.3, -0.25) is 0 Å². The highest BCUT2D eigenvalue weighted by molar-refractivity contribution is 5.95. The first-order valence-electron chi connectivity index (χ1n) is 6.71. The molecule has 3 nitrogen and oxygen atoms in total. The van der Waals surface area contributed by atoms with Crippen molar-refractivity contribution in [1.29, 1.82) is 0 Å². The topological polar surface area (TPSA) is 36.4 Å². The molecule has 20 heavy (non-hydrogen) atoms. The molecule has 1 aliphatic heterocycles. The van der Waals surface area contributed by atoms with Gasteiger partial charge in [0.25, 0.3) is 0 Å². The lowest BCUT2D eigenvalue weighted by atomic mass is 10.1. The van der Waals surface area contributed by atoms with Gasteiger partial charge in [-0.1, -0.05) is 48.5 Å². The van der Waals surface area contributed by atoms with Gasteiger partial charge in [-0.15, -0.1) is 0 Å². The van der Waals surface area contributed by atoms with Crippen LogP contribution in [-0.2, 0) is 0 Å². The minimum atomic E-state index is 0.0589. The van der Waals surface area contributed by atoms with E-state index in [1.807, 2.05) is 48.5 Å². The number of hydrogen-bond acceptors (Lipinski definition) is 3. The van der Waals surface area contributed by atoms with E-state index in [9.17, 15) is 0 Å². The highest BCUT2D eigenvalue weighted by atomic mass is 15.2. The average molecular weight is 263 g/mol. The number of para-hydroxylation sites is 1. The van der Waals surface area contributed by atoms with E-state index in [1.165, 1.54) is 5.56 Å². The third-order valence-electron chi connectivity index (χ3n) is 3.17. The maximum Gasteiger partial charge on any atom is 0.200 e. The quantitative estimate of drug-likeness (QED) is 0.866. The first-order valence-corrected chi connectivity index (χ1v) is 6.71. The first kappa shape index (κ1) is 12.5. The van der Waals surface area contributed by atoms with Crippen LogP contribution >= 0.6 is 0 Å². The molecule has 2 N–H and O–H groups in total. The maximum atomic E-state index is 4.72. The van der Waals surface area contributed by atoms with E-state index in [2.05, 4.69) is 35.8 Å². The Hall–Kier alpha value is -2.55. The smallest absolute Gasteiger partial charge is 0.200 e. The van der Waals surface area contributed by atoms with Crippen LogP contribution in [0, 0.1) is 0 Å². The van der Waals surface area contributed by atoms with Crippen LogP contribution in [0.2, 0.25) is 0 Å². The number of nitrogens with one attached hydrogen (secondary N) is 2. The van der Waals surface area contributed by atoms with Gasteiger partial charge in [0, 0.05) is 11.4 Å². The molecule has 2 aromatic rings. The Bertz CT molecular complexity index is 630. The molecule has 3 heteroatoms. The largest absolute Gasteiger partial charge is 0.330 e. The van der Waals surface area contributed by atoms with E-state index in [1.54, 1.807) is 0 Å². The van der Waals surface area contributed by atoms with Crippen LogP contribution in [0.25, 0.3) is 0 Å². The van der Waals surface area contributed by atoms with Crippen molar-refractivity contribution in [3.8, 4) is 0 Å². The van der Waals surface area contributed by atoms with Crippen LogP contribution in [0.1, 0.15) is 18.5 Å². The number of guanidine groups is 1. The Labute approximate surface area is 119 Å². The van der Waals surface area contributed by atoms with Crippen molar-refractivity contribution in [2.45, 2.75) is 13.0 Å². The van der Waals surface area contributed by atoms with Crippen LogP contribution < -0.4 is 10.6 Å². The van der Waals surface area contributed by atoms with Gasteiger partial charge in [-0.05, 0) is 30.7 Å². The Morgan fingerprint density at radius 1 is 0.950 bits per heavy atom. The molecule has 0 bridgehead atoms. The van der Waals surface area contributed by atoms with Crippen molar-refractivity contribution in [3.05, 3.63) is 78.0 Å². The Morgan fingerprint density at radius 3 is 2.30 bits per heavy atom. The van der Waals surface area contributed by atoms with Crippen molar-refractivity contribution >= 4 is 11.6 Å². The monoisotopic (exact) mass is 263 g/mol. The van der Waals surface area contributed by atoms with Gasteiger partial charge in [0.1, 0.15) is 0 Å². The van der Waals surface area contributed by atoms with Crippen molar-refractivity contribution in [3.63, 3.8) is 0 Å². The third kappa shape index (κ3) is 2.88. The number of hydrogen-bond donors (Lipinski definition) is 2. The molecule has 1 heterocycles. The van der Waals surface area contributed by atoms with Gasteiger partial charge in [0.05, 0.1) is 6.04 Å². The van der Waals surface area contributed by atoms with Crippen LogP contribution in [0.15, 0.2) is 77.4 Å². The van der Waals surface area contributed by atoms with Gasteiger partial charge in [0.15, 0.2) is 0 Å². The molecule has 1 unspecified atom stereocenters. The van der Waals surface area contributed by atoms with Crippen molar-refractivity contribution < 1.29 is 0 Å². The molecule has 0 spiro atoms. The zero-order valence-corrected chi connectivity index (χ0v) is 11.4. The van der Waals surface area contributed by atoms with Crippen LogP contribution in [0.4, 0.5) is 5.69 Å². The molecule has 0 aliphatic carbocycles. The SMILES string of the molecule is CC1=CC(c2ccccc2)N=C(Nc2ccccc2)N1. The molecule has 0 amide bonds. The summed E-state index contributed by atoms with van der Waals surface area (Å²) in [6.07, 6.45) is 2.13. The van der Waals surface area contributed by atoms with Crippen molar-refractivity contribution in [2.24, 2.45) is 4.99 Å². The number of nitrogens with zero attached hydrogens (tertiary/aromatic N) is 1. The van der Waals surface area contributed by atoms with E-state index in [4.69, 9.17) is 4.99 Å². The predicted molar refractivity (Wildman–Crippen MR) is 83.6 cm³/mol. The van der Waals surface area contributed by atoms with E-state index in [0.29, 0.717) is 0 Å². The molecule has 0 saturated heterocycles. The Kier molecular flexibility index (Phi) is 3.50. The molecule has 0 fully saturated rings. The van der Waals surface area contributed by atoms with E-state index < -0.39 is 0 Å². The number of rotatable bonds is 2. The summed E-state index contributed by atoms with van der Waals surface area (Å²) in [6.45, 7) is 2.05. The van der Waals surface area contributed by atoms with Crippen molar-refractivity contribution in [2.75, 3.05) is 5.32 Å². The fourth-order valence-corrected chi connectivity index (χ4v) is 2.22. The molecule has 0 radical (unpaired) electrons. The molecule has 1 aliphatic rings. The van der Waals surface area contributed by atoms with Gasteiger partial charge in [-0.25, -0.2) is 4.99 Å². The highest BCUT2D eigenvalue weighted by Crippen LogP contribution is 2.22. The molecule has 0 saturated carbocycles. The van der Waals surface area contributed by atoms with E-state index >= 15 is 0 Å². The molecule has 3 rings (SSSR count). The second-order valence-electron chi connectivity index (χ2n) is 4.80. The lowest BCUT2D eigenvalue weighted by Crippen LogP contribution is -2.32. The normalized spacial score (nSPS) is 17.8. The zero-order valence-electron chi connectivity index (χ0n) is 11.4. The third-order valence-corrected chi connectivity index (χ3v) is 3.17. The lowest BCUT2D eigenvalue weighted by molar-refractivity contribution is 0.842.